The number of fused-ring (bicyclic) bond motifs is 3. The van der Waals surface area contributed by atoms with Gasteiger partial charge in [-0.2, -0.15) is 0 Å². The van der Waals surface area contributed by atoms with E-state index in [4.69, 9.17) is 14.3 Å². The highest BCUT2D eigenvalue weighted by molar-refractivity contribution is 5.88. The van der Waals surface area contributed by atoms with E-state index in [1.54, 1.807) is 14.2 Å². The van der Waals surface area contributed by atoms with Gasteiger partial charge in [-0.1, -0.05) is 19.0 Å². The number of nitrogens with zero attached hydrogens (tertiary/aromatic N) is 2. The molecule has 0 radical (unpaired) electrons. The molecule has 0 aliphatic carbocycles. The second kappa shape index (κ2) is 8.30. The number of hydrogen-bond donors (Lipinski definition) is 0. The minimum atomic E-state index is -0.372. The summed E-state index contributed by atoms with van der Waals surface area (Å²) >= 11 is 0. The first-order valence-corrected chi connectivity index (χ1v) is 9.66. The lowest BCUT2D eigenvalue weighted by Gasteiger charge is -2.44. The van der Waals surface area contributed by atoms with Crippen molar-refractivity contribution in [3.8, 4) is 11.5 Å². The standard InChI is InChI=1S/C21H30N2O4/c1-13(2)8-16-12-23-7-6-15-9-20(25-4)21(26-5)10-17(15)19(23)11-18(16)22-27-14(3)24/h9-10,13,16,19H,6-8,11-12H2,1-5H3/b22-18-/t16-,19+/m0/s1. The van der Waals surface area contributed by atoms with Gasteiger partial charge in [-0.3, -0.25) is 4.90 Å². The third-order valence-electron chi connectivity index (χ3n) is 5.49. The Balaban J connectivity index is 1.93. The number of methoxy groups -OCH3 is 2. The normalized spacial score (nSPS) is 23.7. The van der Waals surface area contributed by atoms with E-state index in [1.165, 1.54) is 18.1 Å². The molecule has 148 valence electrons. The molecule has 6 nitrogen and oxygen atoms in total. The summed E-state index contributed by atoms with van der Waals surface area (Å²) in [4.78, 5) is 18.8. The van der Waals surface area contributed by atoms with Gasteiger partial charge in [0.2, 0.25) is 0 Å². The van der Waals surface area contributed by atoms with E-state index < -0.39 is 0 Å². The average Bonchev–Trinajstić information content (AvgIpc) is 2.64. The molecule has 2 aliphatic rings. The summed E-state index contributed by atoms with van der Waals surface area (Å²) in [5.74, 6) is 2.04. The monoisotopic (exact) mass is 374 g/mol. The van der Waals surface area contributed by atoms with Crippen LogP contribution in [0, 0.1) is 11.8 Å². The second-order valence-electron chi connectivity index (χ2n) is 7.86. The third-order valence-corrected chi connectivity index (χ3v) is 5.49. The summed E-state index contributed by atoms with van der Waals surface area (Å²) in [7, 11) is 3.33. The maximum absolute atomic E-state index is 11.3. The van der Waals surface area contributed by atoms with Crippen molar-refractivity contribution in [3.05, 3.63) is 23.3 Å². The predicted molar refractivity (Wildman–Crippen MR) is 104 cm³/mol. The van der Waals surface area contributed by atoms with Crippen molar-refractivity contribution < 1.29 is 19.1 Å². The number of benzene rings is 1. The highest BCUT2D eigenvalue weighted by Crippen LogP contribution is 2.42. The van der Waals surface area contributed by atoms with E-state index in [2.05, 4.69) is 36.0 Å². The molecule has 0 spiro atoms. The molecule has 1 aromatic carbocycles. The summed E-state index contributed by atoms with van der Waals surface area (Å²) in [6, 6.07) is 4.41. The molecule has 2 aliphatic heterocycles. The number of carbonyl (C=O) groups excluding carboxylic acids is 1. The van der Waals surface area contributed by atoms with Crippen molar-refractivity contribution in [2.24, 2.45) is 17.0 Å². The molecule has 2 heterocycles. The Hall–Kier alpha value is -2.08. The van der Waals surface area contributed by atoms with Gasteiger partial charge in [0.25, 0.3) is 0 Å². The zero-order chi connectivity index (χ0) is 19.6. The SMILES string of the molecule is COc1cc2c(cc1OC)[C@H]1C/C(=N/OC(C)=O)[C@@H](CC(C)C)CN1CC2. The van der Waals surface area contributed by atoms with E-state index in [9.17, 15) is 4.79 Å². The Labute approximate surface area is 161 Å². The van der Waals surface area contributed by atoms with Gasteiger partial charge in [0, 0.05) is 38.4 Å². The van der Waals surface area contributed by atoms with E-state index in [0.29, 0.717) is 11.8 Å². The molecular weight excluding hydrogens is 344 g/mol. The van der Waals surface area contributed by atoms with Gasteiger partial charge in [0.05, 0.1) is 19.9 Å². The summed E-state index contributed by atoms with van der Waals surface area (Å²) in [6.07, 6.45) is 2.81. The molecule has 0 aromatic heterocycles. The molecule has 6 heteroatoms. The van der Waals surface area contributed by atoms with E-state index in [0.717, 1.165) is 49.6 Å². The van der Waals surface area contributed by atoms with Crippen molar-refractivity contribution in [1.29, 1.82) is 0 Å². The highest BCUT2D eigenvalue weighted by Gasteiger charge is 2.38. The van der Waals surface area contributed by atoms with Crippen LogP contribution in [0.2, 0.25) is 0 Å². The highest BCUT2D eigenvalue weighted by atomic mass is 16.7. The molecule has 0 unspecified atom stereocenters. The fourth-order valence-corrected chi connectivity index (χ4v) is 4.31. The van der Waals surface area contributed by atoms with E-state index in [-0.39, 0.29) is 12.0 Å². The molecule has 0 bridgehead atoms. The van der Waals surface area contributed by atoms with Crippen LogP contribution in [0.5, 0.6) is 11.5 Å². The van der Waals surface area contributed by atoms with Gasteiger partial charge in [0.1, 0.15) is 0 Å². The quantitative estimate of drug-likeness (QED) is 0.582. The molecule has 2 atom stereocenters. The maximum atomic E-state index is 11.3. The predicted octanol–water partition coefficient (Wildman–Crippen LogP) is 3.59. The fraction of sp³-hybridized carbons (Fsp3) is 0.619. The molecule has 0 amide bonds. The third kappa shape index (κ3) is 4.26. The summed E-state index contributed by atoms with van der Waals surface area (Å²) in [5, 5.41) is 4.24. The maximum Gasteiger partial charge on any atom is 0.331 e. The van der Waals surface area contributed by atoms with Crippen LogP contribution in [-0.2, 0) is 16.1 Å². The first kappa shape index (κ1) is 19.7. The van der Waals surface area contributed by atoms with E-state index in [1.807, 2.05) is 0 Å². The van der Waals surface area contributed by atoms with Crippen molar-refractivity contribution >= 4 is 11.7 Å². The lowest BCUT2D eigenvalue weighted by molar-refractivity contribution is -0.141. The Bertz CT molecular complexity index is 729. The number of rotatable bonds is 5. The van der Waals surface area contributed by atoms with Crippen LogP contribution in [0.15, 0.2) is 17.3 Å². The van der Waals surface area contributed by atoms with Crippen LogP contribution in [0.1, 0.15) is 50.8 Å². The van der Waals surface area contributed by atoms with Crippen LogP contribution in [0.3, 0.4) is 0 Å². The number of piperidine rings is 1. The van der Waals surface area contributed by atoms with Crippen LogP contribution < -0.4 is 9.47 Å². The molecule has 1 saturated heterocycles. The first-order valence-electron chi connectivity index (χ1n) is 9.66. The summed E-state index contributed by atoms with van der Waals surface area (Å²) in [6.45, 7) is 7.79. The zero-order valence-corrected chi connectivity index (χ0v) is 16.9. The Morgan fingerprint density at radius 2 is 1.96 bits per heavy atom. The van der Waals surface area contributed by atoms with Gasteiger partial charge in [-0.05, 0) is 42.0 Å². The van der Waals surface area contributed by atoms with Crippen LogP contribution in [0.25, 0.3) is 0 Å². The molecule has 0 N–H and O–H groups in total. The summed E-state index contributed by atoms with van der Waals surface area (Å²) in [5.41, 5.74) is 3.54. The van der Waals surface area contributed by atoms with Crippen molar-refractivity contribution in [2.45, 2.75) is 46.1 Å². The van der Waals surface area contributed by atoms with Gasteiger partial charge < -0.3 is 14.3 Å². The first-order chi connectivity index (χ1) is 12.9. The van der Waals surface area contributed by atoms with Gasteiger partial charge >= 0.3 is 5.97 Å². The topological polar surface area (TPSA) is 60.4 Å². The lowest BCUT2D eigenvalue weighted by Crippen LogP contribution is -2.46. The number of carbonyl (C=O) groups is 1. The molecular formula is C21H30N2O4. The molecule has 0 saturated carbocycles. The molecule has 1 aromatic rings. The zero-order valence-electron chi connectivity index (χ0n) is 16.9. The molecule has 3 rings (SSSR count). The minimum absolute atomic E-state index is 0.228. The molecule has 1 fully saturated rings. The van der Waals surface area contributed by atoms with Crippen LogP contribution >= 0.6 is 0 Å². The number of hydrogen-bond acceptors (Lipinski definition) is 6. The lowest BCUT2D eigenvalue weighted by atomic mass is 9.79. The second-order valence-corrected chi connectivity index (χ2v) is 7.86. The Morgan fingerprint density at radius 3 is 2.59 bits per heavy atom. The van der Waals surface area contributed by atoms with Crippen LogP contribution in [-0.4, -0.2) is 43.9 Å². The van der Waals surface area contributed by atoms with Gasteiger partial charge in [-0.15, -0.1) is 0 Å². The van der Waals surface area contributed by atoms with Gasteiger partial charge in [-0.25, -0.2) is 4.79 Å². The van der Waals surface area contributed by atoms with E-state index >= 15 is 0 Å². The van der Waals surface area contributed by atoms with Gasteiger partial charge in [0.15, 0.2) is 11.5 Å². The van der Waals surface area contributed by atoms with Crippen molar-refractivity contribution in [2.75, 3.05) is 27.3 Å². The minimum Gasteiger partial charge on any atom is -0.493 e. The summed E-state index contributed by atoms with van der Waals surface area (Å²) < 4.78 is 11.0. The average molecular weight is 374 g/mol. The Morgan fingerprint density at radius 1 is 1.26 bits per heavy atom. The van der Waals surface area contributed by atoms with Crippen molar-refractivity contribution in [1.82, 2.24) is 4.90 Å². The number of ether oxygens (including phenoxy) is 2. The largest absolute Gasteiger partial charge is 0.493 e. The molecule has 27 heavy (non-hydrogen) atoms. The number of oxime groups is 1. The van der Waals surface area contributed by atoms with Crippen molar-refractivity contribution in [3.63, 3.8) is 0 Å². The Kier molecular flexibility index (Phi) is 6.05. The smallest absolute Gasteiger partial charge is 0.331 e. The van der Waals surface area contributed by atoms with Crippen LogP contribution in [0.4, 0.5) is 0 Å². The fourth-order valence-electron chi connectivity index (χ4n) is 4.31.